The maximum Gasteiger partial charge on any atom is 0.339 e. The van der Waals surface area contributed by atoms with E-state index in [4.69, 9.17) is 5.26 Å². The highest BCUT2D eigenvalue weighted by Gasteiger charge is 2.08. The van der Waals surface area contributed by atoms with E-state index >= 15 is 0 Å². The Balaban J connectivity index is 2.23. The van der Waals surface area contributed by atoms with E-state index in [9.17, 15) is 4.79 Å². The third-order valence-electron chi connectivity index (χ3n) is 1.96. The maximum absolute atomic E-state index is 11.5. The molecule has 0 saturated carbocycles. The molecule has 0 fully saturated rings. The smallest absolute Gasteiger partial charge is 0.339 e. The van der Waals surface area contributed by atoms with Gasteiger partial charge in [0.25, 0.3) is 0 Å². The van der Waals surface area contributed by atoms with Crippen LogP contribution in [0.2, 0.25) is 0 Å². The minimum absolute atomic E-state index is 0.270. The summed E-state index contributed by atoms with van der Waals surface area (Å²) in [7, 11) is 0. The minimum Gasteiger partial charge on any atom is -0.447 e. The van der Waals surface area contributed by atoms with Crippen LogP contribution in [0.4, 0.5) is 0 Å². The molecular formula is C10H7N5O2. The topological polar surface area (TPSA) is 93.7 Å². The number of benzene rings is 1. The Kier molecular flexibility index (Phi) is 3.07. The van der Waals surface area contributed by atoms with E-state index in [-0.39, 0.29) is 6.61 Å². The van der Waals surface area contributed by atoms with Crippen molar-refractivity contribution >= 4 is 5.97 Å². The van der Waals surface area contributed by atoms with Crippen LogP contribution >= 0.6 is 0 Å². The Labute approximate surface area is 96.2 Å². The lowest BCUT2D eigenvalue weighted by Gasteiger charge is -2.03. The van der Waals surface area contributed by atoms with Gasteiger partial charge in [0.05, 0.1) is 11.3 Å². The molecule has 0 bridgehead atoms. The van der Waals surface area contributed by atoms with Crippen molar-refractivity contribution < 1.29 is 9.53 Å². The largest absolute Gasteiger partial charge is 0.447 e. The number of carbonyl (C=O) groups is 1. The number of aromatic nitrogens is 4. The van der Waals surface area contributed by atoms with Crippen molar-refractivity contribution in [1.29, 1.82) is 5.26 Å². The molecule has 1 heterocycles. The number of rotatable bonds is 3. The Morgan fingerprint density at radius 1 is 1.53 bits per heavy atom. The molecule has 0 atom stereocenters. The Bertz CT molecular complexity index is 558. The van der Waals surface area contributed by atoms with Crippen LogP contribution in [-0.4, -0.2) is 32.8 Å². The lowest BCUT2D eigenvalue weighted by atomic mass is 10.2. The Morgan fingerprint density at radius 3 is 3.12 bits per heavy atom. The first-order valence-electron chi connectivity index (χ1n) is 4.69. The molecular weight excluding hydrogens is 222 g/mol. The summed E-state index contributed by atoms with van der Waals surface area (Å²) in [6, 6.07) is 8.33. The fourth-order valence-electron chi connectivity index (χ4n) is 1.24. The summed E-state index contributed by atoms with van der Waals surface area (Å²) < 4.78 is 6.11. The van der Waals surface area contributed by atoms with Gasteiger partial charge in [-0.15, -0.1) is 5.10 Å². The first-order valence-corrected chi connectivity index (χ1v) is 4.69. The molecule has 0 spiro atoms. The highest BCUT2D eigenvalue weighted by Crippen LogP contribution is 2.09. The van der Waals surface area contributed by atoms with Gasteiger partial charge in [-0.2, -0.15) is 5.26 Å². The van der Waals surface area contributed by atoms with Gasteiger partial charge in [0.2, 0.25) is 0 Å². The first-order chi connectivity index (χ1) is 8.31. The summed E-state index contributed by atoms with van der Waals surface area (Å²) in [6.45, 7) is -0.270. The molecule has 7 heteroatoms. The molecule has 0 saturated heterocycles. The molecule has 7 nitrogen and oxygen atoms in total. The summed E-state index contributed by atoms with van der Waals surface area (Å²) in [4.78, 5) is 11.5. The molecule has 2 rings (SSSR count). The van der Waals surface area contributed by atoms with Crippen LogP contribution in [-0.2, 0) is 4.74 Å². The first kappa shape index (κ1) is 10.8. The van der Waals surface area contributed by atoms with E-state index in [1.165, 1.54) is 11.0 Å². The van der Waals surface area contributed by atoms with Gasteiger partial charge in [-0.3, -0.25) is 0 Å². The zero-order valence-corrected chi connectivity index (χ0v) is 8.65. The third-order valence-corrected chi connectivity index (χ3v) is 1.96. The standard InChI is InChI=1S/C10H7N5O2/c11-4-5-17-10(16)8-2-1-3-9(6-8)15-7-12-13-14-15/h1-3,6-7H,5H2. The van der Waals surface area contributed by atoms with Gasteiger partial charge in [0.15, 0.2) is 6.61 Å². The molecule has 2 aromatic rings. The van der Waals surface area contributed by atoms with Crippen LogP contribution in [0.5, 0.6) is 0 Å². The second-order valence-electron chi connectivity index (χ2n) is 3.04. The van der Waals surface area contributed by atoms with Gasteiger partial charge < -0.3 is 4.74 Å². The van der Waals surface area contributed by atoms with Crippen molar-refractivity contribution in [1.82, 2.24) is 20.2 Å². The zero-order chi connectivity index (χ0) is 12.1. The normalized spacial score (nSPS) is 9.59. The molecule has 0 aliphatic rings. The van der Waals surface area contributed by atoms with Gasteiger partial charge in [0.1, 0.15) is 12.4 Å². The second-order valence-corrected chi connectivity index (χ2v) is 3.04. The Hall–Kier alpha value is -2.75. The summed E-state index contributed by atoms with van der Waals surface area (Å²) >= 11 is 0. The predicted molar refractivity (Wildman–Crippen MR) is 55.0 cm³/mol. The SMILES string of the molecule is N#CCOC(=O)c1cccc(-n2cnnn2)c1. The Morgan fingerprint density at radius 2 is 2.41 bits per heavy atom. The fourth-order valence-corrected chi connectivity index (χ4v) is 1.24. The van der Waals surface area contributed by atoms with Crippen LogP contribution in [0.1, 0.15) is 10.4 Å². The van der Waals surface area contributed by atoms with Crippen LogP contribution in [0, 0.1) is 11.3 Å². The van der Waals surface area contributed by atoms with E-state index in [1.54, 1.807) is 30.3 Å². The monoisotopic (exact) mass is 229 g/mol. The van der Waals surface area contributed by atoms with Gasteiger partial charge in [0, 0.05) is 0 Å². The van der Waals surface area contributed by atoms with Gasteiger partial charge in [-0.05, 0) is 28.6 Å². The van der Waals surface area contributed by atoms with Gasteiger partial charge in [-0.1, -0.05) is 6.07 Å². The molecule has 1 aromatic heterocycles. The number of esters is 1. The number of carbonyl (C=O) groups excluding carboxylic acids is 1. The number of nitriles is 1. The van der Waals surface area contributed by atoms with Crippen molar-refractivity contribution in [2.45, 2.75) is 0 Å². The zero-order valence-electron chi connectivity index (χ0n) is 8.65. The average molecular weight is 229 g/mol. The van der Waals surface area contributed by atoms with Gasteiger partial charge in [-0.25, -0.2) is 9.48 Å². The average Bonchev–Trinajstić information content (AvgIpc) is 2.90. The van der Waals surface area contributed by atoms with Crippen LogP contribution < -0.4 is 0 Å². The number of hydrogen-bond donors (Lipinski definition) is 0. The molecule has 0 aliphatic heterocycles. The molecule has 0 amide bonds. The van der Waals surface area contributed by atoms with Crippen LogP contribution in [0.25, 0.3) is 5.69 Å². The highest BCUT2D eigenvalue weighted by atomic mass is 16.5. The van der Waals surface area contributed by atoms with E-state index in [2.05, 4.69) is 20.3 Å². The molecule has 84 valence electrons. The minimum atomic E-state index is -0.554. The van der Waals surface area contributed by atoms with Crippen molar-refractivity contribution in [3.8, 4) is 11.8 Å². The fraction of sp³-hybridized carbons (Fsp3) is 0.100. The number of tetrazole rings is 1. The van der Waals surface area contributed by atoms with Crippen molar-refractivity contribution in [3.05, 3.63) is 36.2 Å². The summed E-state index contributed by atoms with van der Waals surface area (Å²) in [5.74, 6) is -0.554. The molecule has 17 heavy (non-hydrogen) atoms. The van der Waals surface area contributed by atoms with E-state index < -0.39 is 5.97 Å². The quantitative estimate of drug-likeness (QED) is 0.704. The summed E-state index contributed by atoms with van der Waals surface area (Å²) in [6.07, 6.45) is 1.42. The molecule has 1 aromatic carbocycles. The van der Waals surface area contributed by atoms with E-state index in [1.807, 2.05) is 0 Å². The number of hydrogen-bond acceptors (Lipinski definition) is 6. The second kappa shape index (κ2) is 4.85. The maximum atomic E-state index is 11.5. The van der Waals surface area contributed by atoms with Crippen molar-refractivity contribution in [2.75, 3.05) is 6.61 Å². The third kappa shape index (κ3) is 2.43. The van der Waals surface area contributed by atoms with Crippen molar-refractivity contribution in [3.63, 3.8) is 0 Å². The lowest BCUT2D eigenvalue weighted by Crippen LogP contribution is -2.06. The summed E-state index contributed by atoms with van der Waals surface area (Å²) in [5, 5.41) is 19.0. The molecule has 0 radical (unpaired) electrons. The molecule has 0 N–H and O–H groups in total. The summed E-state index contributed by atoms with van der Waals surface area (Å²) in [5.41, 5.74) is 0.981. The lowest BCUT2D eigenvalue weighted by molar-refractivity contribution is 0.0555. The molecule has 0 unspecified atom stereocenters. The van der Waals surface area contributed by atoms with Gasteiger partial charge >= 0.3 is 5.97 Å². The van der Waals surface area contributed by atoms with Crippen molar-refractivity contribution in [2.24, 2.45) is 0 Å². The van der Waals surface area contributed by atoms with Crippen LogP contribution in [0.15, 0.2) is 30.6 Å². The predicted octanol–water partition coefficient (Wildman–Crippen LogP) is 0.343. The number of nitrogens with zero attached hydrogens (tertiary/aromatic N) is 5. The number of ether oxygens (including phenoxy) is 1. The van der Waals surface area contributed by atoms with E-state index in [0.717, 1.165) is 0 Å². The molecule has 0 aliphatic carbocycles. The highest BCUT2D eigenvalue weighted by molar-refractivity contribution is 5.90. The van der Waals surface area contributed by atoms with E-state index in [0.29, 0.717) is 11.3 Å². The van der Waals surface area contributed by atoms with Crippen LogP contribution in [0.3, 0.4) is 0 Å².